The van der Waals surface area contributed by atoms with Crippen molar-refractivity contribution in [3.63, 3.8) is 0 Å². The highest BCUT2D eigenvalue weighted by Crippen LogP contribution is 2.24. The Hall–Kier alpha value is -1.06. The van der Waals surface area contributed by atoms with Gasteiger partial charge >= 0.3 is 0 Å². The van der Waals surface area contributed by atoms with Gasteiger partial charge in [-0.2, -0.15) is 0 Å². The van der Waals surface area contributed by atoms with Crippen LogP contribution in [0.2, 0.25) is 0 Å². The van der Waals surface area contributed by atoms with Gasteiger partial charge in [-0.15, -0.1) is 0 Å². The Balaban J connectivity index is 2.50. The highest BCUT2D eigenvalue weighted by atomic mass is 16.5. The van der Waals surface area contributed by atoms with E-state index in [1.54, 1.807) is 7.11 Å². The molecule has 0 fully saturated rings. The van der Waals surface area contributed by atoms with E-state index in [-0.39, 0.29) is 11.5 Å². The van der Waals surface area contributed by atoms with Crippen molar-refractivity contribution in [2.75, 3.05) is 20.2 Å². The summed E-state index contributed by atoms with van der Waals surface area (Å²) in [5.41, 5.74) is 7.16. The maximum Gasteiger partial charge on any atom is 0.118 e. The number of benzene rings is 1. The molecule has 0 saturated heterocycles. The molecule has 3 heteroatoms. The van der Waals surface area contributed by atoms with Crippen molar-refractivity contribution in [3.05, 3.63) is 29.8 Å². The summed E-state index contributed by atoms with van der Waals surface area (Å²) in [6.07, 6.45) is 1.01. The number of ether oxygens (including phenoxy) is 1. The molecule has 3 N–H and O–H groups in total. The summed E-state index contributed by atoms with van der Waals surface area (Å²) in [6, 6.07) is 8.55. The molecule has 102 valence electrons. The summed E-state index contributed by atoms with van der Waals surface area (Å²) in [6.45, 7) is 8.45. The molecule has 1 aromatic rings. The van der Waals surface area contributed by atoms with Gasteiger partial charge in [0.2, 0.25) is 0 Å². The molecule has 0 aliphatic heterocycles. The van der Waals surface area contributed by atoms with Crippen molar-refractivity contribution in [2.24, 2.45) is 5.73 Å². The Morgan fingerprint density at radius 2 is 1.89 bits per heavy atom. The van der Waals surface area contributed by atoms with E-state index in [0.29, 0.717) is 0 Å². The van der Waals surface area contributed by atoms with Gasteiger partial charge in [-0.05, 0) is 37.6 Å². The van der Waals surface area contributed by atoms with Crippen LogP contribution in [0.4, 0.5) is 0 Å². The first kappa shape index (κ1) is 15.0. The maximum atomic E-state index is 5.73. The minimum absolute atomic E-state index is 0.115. The van der Waals surface area contributed by atoms with Crippen LogP contribution in [-0.2, 0) is 5.41 Å². The molecule has 1 aromatic carbocycles. The van der Waals surface area contributed by atoms with Gasteiger partial charge in [-0.3, -0.25) is 0 Å². The molecule has 0 aliphatic rings. The molecule has 1 unspecified atom stereocenters. The number of nitrogens with two attached hydrogens (primary N) is 1. The standard InChI is InChI=1S/C15H26N2O/c1-12(16)9-10-17-11-15(2,3)13-5-7-14(18-4)8-6-13/h5-8,12,17H,9-11,16H2,1-4H3. The van der Waals surface area contributed by atoms with Crippen molar-refractivity contribution in [2.45, 2.75) is 38.6 Å². The second kappa shape index (κ2) is 6.76. The summed E-state index contributed by atoms with van der Waals surface area (Å²) >= 11 is 0. The number of nitrogens with one attached hydrogen (secondary N) is 1. The first-order chi connectivity index (χ1) is 8.45. The largest absolute Gasteiger partial charge is 0.497 e. The predicted octanol–water partition coefficient (Wildman–Crippen LogP) is 2.30. The molecule has 0 aliphatic carbocycles. The van der Waals surface area contributed by atoms with Gasteiger partial charge < -0.3 is 15.8 Å². The smallest absolute Gasteiger partial charge is 0.118 e. The van der Waals surface area contributed by atoms with Crippen molar-refractivity contribution in [1.29, 1.82) is 0 Å². The van der Waals surface area contributed by atoms with Crippen LogP contribution in [0.1, 0.15) is 32.8 Å². The van der Waals surface area contributed by atoms with Gasteiger partial charge in [0.15, 0.2) is 0 Å². The molecule has 1 atom stereocenters. The fourth-order valence-corrected chi connectivity index (χ4v) is 1.87. The van der Waals surface area contributed by atoms with Crippen LogP contribution in [-0.4, -0.2) is 26.2 Å². The Labute approximate surface area is 111 Å². The Morgan fingerprint density at radius 1 is 1.28 bits per heavy atom. The number of hydrogen-bond acceptors (Lipinski definition) is 3. The lowest BCUT2D eigenvalue weighted by Crippen LogP contribution is -2.35. The van der Waals surface area contributed by atoms with E-state index in [0.717, 1.165) is 25.3 Å². The zero-order chi connectivity index (χ0) is 13.6. The quantitative estimate of drug-likeness (QED) is 0.730. The molecule has 0 spiro atoms. The predicted molar refractivity (Wildman–Crippen MR) is 77.2 cm³/mol. The van der Waals surface area contributed by atoms with E-state index >= 15 is 0 Å². The van der Waals surface area contributed by atoms with Crippen LogP contribution in [0.3, 0.4) is 0 Å². The second-order valence-corrected chi connectivity index (χ2v) is 5.56. The van der Waals surface area contributed by atoms with Crippen molar-refractivity contribution < 1.29 is 4.74 Å². The van der Waals surface area contributed by atoms with Crippen molar-refractivity contribution in [3.8, 4) is 5.75 Å². The molecule has 0 heterocycles. The third-order valence-corrected chi connectivity index (χ3v) is 3.21. The van der Waals surface area contributed by atoms with Crippen molar-refractivity contribution >= 4 is 0 Å². The van der Waals surface area contributed by atoms with Crippen molar-refractivity contribution in [1.82, 2.24) is 5.32 Å². The summed E-state index contributed by atoms with van der Waals surface area (Å²) in [4.78, 5) is 0. The van der Waals surface area contributed by atoms with E-state index in [9.17, 15) is 0 Å². The van der Waals surface area contributed by atoms with Gasteiger partial charge in [0.05, 0.1) is 7.11 Å². The highest BCUT2D eigenvalue weighted by Gasteiger charge is 2.19. The maximum absolute atomic E-state index is 5.73. The number of rotatable bonds is 7. The molecule has 3 nitrogen and oxygen atoms in total. The molecule has 0 bridgehead atoms. The first-order valence-corrected chi connectivity index (χ1v) is 6.56. The molecule has 0 amide bonds. The van der Waals surface area contributed by atoms with E-state index in [4.69, 9.17) is 10.5 Å². The van der Waals surface area contributed by atoms with Gasteiger partial charge in [0.1, 0.15) is 5.75 Å². The Morgan fingerprint density at radius 3 is 2.39 bits per heavy atom. The SMILES string of the molecule is COc1ccc(C(C)(C)CNCCC(C)N)cc1. The van der Waals surface area contributed by atoms with Gasteiger partial charge in [0.25, 0.3) is 0 Å². The van der Waals surface area contributed by atoms with Crippen LogP contribution in [0.5, 0.6) is 5.75 Å². The summed E-state index contributed by atoms with van der Waals surface area (Å²) in [5, 5.41) is 3.47. The van der Waals surface area contributed by atoms with Crippen LogP contribution < -0.4 is 15.8 Å². The van der Waals surface area contributed by atoms with E-state index < -0.39 is 0 Å². The summed E-state index contributed by atoms with van der Waals surface area (Å²) in [7, 11) is 1.69. The molecule has 1 rings (SSSR count). The average molecular weight is 250 g/mol. The Kier molecular flexibility index (Phi) is 5.63. The fraction of sp³-hybridized carbons (Fsp3) is 0.600. The number of methoxy groups -OCH3 is 1. The third-order valence-electron chi connectivity index (χ3n) is 3.21. The van der Waals surface area contributed by atoms with E-state index in [1.807, 2.05) is 19.1 Å². The van der Waals surface area contributed by atoms with E-state index in [2.05, 4.69) is 31.3 Å². The molecule has 0 saturated carbocycles. The average Bonchev–Trinajstić information content (AvgIpc) is 2.34. The van der Waals surface area contributed by atoms with Gasteiger partial charge in [0, 0.05) is 18.0 Å². The molecular formula is C15H26N2O. The fourth-order valence-electron chi connectivity index (χ4n) is 1.87. The Bertz CT molecular complexity index is 344. The van der Waals surface area contributed by atoms with Gasteiger partial charge in [-0.1, -0.05) is 26.0 Å². The van der Waals surface area contributed by atoms with Crippen LogP contribution in [0.15, 0.2) is 24.3 Å². The second-order valence-electron chi connectivity index (χ2n) is 5.56. The zero-order valence-electron chi connectivity index (χ0n) is 12.0. The summed E-state index contributed by atoms with van der Waals surface area (Å²) in [5.74, 6) is 0.902. The molecule has 0 aromatic heterocycles. The lowest BCUT2D eigenvalue weighted by molar-refractivity contribution is 0.413. The highest BCUT2D eigenvalue weighted by molar-refractivity contribution is 5.31. The first-order valence-electron chi connectivity index (χ1n) is 6.56. The van der Waals surface area contributed by atoms with Crippen LogP contribution in [0.25, 0.3) is 0 Å². The molecule has 0 radical (unpaired) electrons. The van der Waals surface area contributed by atoms with Crippen LogP contribution in [0, 0.1) is 0 Å². The van der Waals surface area contributed by atoms with Gasteiger partial charge in [-0.25, -0.2) is 0 Å². The topological polar surface area (TPSA) is 47.3 Å². The lowest BCUT2D eigenvalue weighted by Gasteiger charge is -2.26. The number of hydrogen-bond donors (Lipinski definition) is 2. The summed E-state index contributed by atoms with van der Waals surface area (Å²) < 4.78 is 5.18. The monoisotopic (exact) mass is 250 g/mol. The molecular weight excluding hydrogens is 224 g/mol. The lowest BCUT2D eigenvalue weighted by atomic mass is 9.84. The molecule has 18 heavy (non-hydrogen) atoms. The normalized spacial score (nSPS) is 13.4. The van der Waals surface area contributed by atoms with E-state index in [1.165, 1.54) is 5.56 Å². The minimum atomic E-state index is 0.115. The van der Waals surface area contributed by atoms with Crippen LogP contribution >= 0.6 is 0 Å². The zero-order valence-corrected chi connectivity index (χ0v) is 12.0. The minimum Gasteiger partial charge on any atom is -0.497 e. The third kappa shape index (κ3) is 4.67.